The first-order chi connectivity index (χ1) is 14.0. The van der Waals surface area contributed by atoms with Crippen LogP contribution in [0.2, 0.25) is 0 Å². The van der Waals surface area contributed by atoms with Gasteiger partial charge in [0, 0.05) is 13.0 Å². The van der Waals surface area contributed by atoms with E-state index >= 15 is 0 Å². The number of nitrogens with one attached hydrogen (secondary N) is 1. The molecule has 2 aromatic rings. The van der Waals surface area contributed by atoms with E-state index in [1.807, 2.05) is 70.2 Å². The van der Waals surface area contributed by atoms with Gasteiger partial charge in [-0.1, -0.05) is 23.8 Å². The van der Waals surface area contributed by atoms with Crippen LogP contribution in [0.25, 0.3) is 0 Å². The summed E-state index contributed by atoms with van der Waals surface area (Å²) in [6.45, 7) is 8.38. The topological polar surface area (TPSA) is 75.7 Å². The molecule has 0 aromatic heterocycles. The average Bonchev–Trinajstić information content (AvgIpc) is 2.63. The molecule has 1 unspecified atom stereocenters. The summed E-state index contributed by atoms with van der Waals surface area (Å²) in [5.41, 5.74) is 3.79. The molecule has 1 atom stereocenters. The van der Waals surface area contributed by atoms with Gasteiger partial charge >= 0.3 is 0 Å². The number of amides is 1. The minimum atomic E-state index is -3.43. The van der Waals surface area contributed by atoms with Gasteiger partial charge in [-0.05, 0) is 69.5 Å². The fourth-order valence-corrected chi connectivity index (χ4v) is 4.16. The van der Waals surface area contributed by atoms with Crippen molar-refractivity contribution < 1.29 is 17.9 Å². The Balaban J connectivity index is 1.84. The van der Waals surface area contributed by atoms with Gasteiger partial charge in [0.2, 0.25) is 15.9 Å². The van der Waals surface area contributed by atoms with Crippen molar-refractivity contribution in [3.63, 3.8) is 0 Å². The van der Waals surface area contributed by atoms with Gasteiger partial charge in [0.15, 0.2) is 0 Å². The van der Waals surface area contributed by atoms with E-state index < -0.39 is 10.0 Å². The third-order valence-corrected chi connectivity index (χ3v) is 5.78. The normalized spacial score (nSPS) is 12.3. The first kappa shape index (κ1) is 23.7. The summed E-state index contributed by atoms with van der Waals surface area (Å²) < 4.78 is 31.6. The van der Waals surface area contributed by atoms with Crippen LogP contribution in [-0.2, 0) is 14.8 Å². The molecular weight excluding hydrogens is 400 g/mol. The molecule has 0 heterocycles. The number of carbonyl (C=O) groups is 1. The number of aryl methyl sites for hydroxylation is 3. The molecule has 0 spiro atoms. The molecule has 0 saturated carbocycles. The maximum Gasteiger partial charge on any atom is 0.232 e. The molecule has 2 aromatic carbocycles. The molecule has 0 aliphatic rings. The molecule has 0 aliphatic heterocycles. The summed E-state index contributed by atoms with van der Waals surface area (Å²) in [5, 5.41) is 2.90. The number of hydrogen-bond donors (Lipinski definition) is 1. The van der Waals surface area contributed by atoms with Gasteiger partial charge in [0.1, 0.15) is 12.4 Å². The van der Waals surface area contributed by atoms with E-state index in [4.69, 9.17) is 4.74 Å². The van der Waals surface area contributed by atoms with Crippen molar-refractivity contribution in [2.24, 2.45) is 0 Å². The highest BCUT2D eigenvalue weighted by atomic mass is 32.2. The minimum Gasteiger partial charge on any atom is -0.491 e. The van der Waals surface area contributed by atoms with Crippen LogP contribution < -0.4 is 14.4 Å². The number of nitrogens with zero attached hydrogens (tertiary/aromatic N) is 1. The minimum absolute atomic E-state index is 0.121. The third kappa shape index (κ3) is 7.71. The van der Waals surface area contributed by atoms with Crippen LogP contribution in [0.5, 0.6) is 5.75 Å². The Kier molecular flexibility index (Phi) is 8.29. The maximum absolute atomic E-state index is 12.3. The van der Waals surface area contributed by atoms with Crippen molar-refractivity contribution in [1.82, 2.24) is 5.32 Å². The van der Waals surface area contributed by atoms with Crippen LogP contribution >= 0.6 is 0 Å². The van der Waals surface area contributed by atoms with Crippen LogP contribution in [-0.4, -0.2) is 39.8 Å². The summed E-state index contributed by atoms with van der Waals surface area (Å²) in [7, 11) is -3.43. The number of carbonyl (C=O) groups excluding carboxylic acids is 1. The van der Waals surface area contributed by atoms with Gasteiger partial charge in [-0.3, -0.25) is 9.10 Å². The molecule has 2 rings (SSSR count). The molecule has 164 valence electrons. The Hall–Kier alpha value is -2.54. The van der Waals surface area contributed by atoms with E-state index in [9.17, 15) is 13.2 Å². The van der Waals surface area contributed by atoms with Gasteiger partial charge in [-0.2, -0.15) is 0 Å². The molecule has 7 heteroatoms. The predicted octanol–water partition coefficient (Wildman–Crippen LogP) is 3.74. The highest BCUT2D eigenvalue weighted by molar-refractivity contribution is 7.92. The summed E-state index contributed by atoms with van der Waals surface area (Å²) in [4.78, 5) is 12.3. The monoisotopic (exact) mass is 432 g/mol. The zero-order chi connectivity index (χ0) is 22.3. The van der Waals surface area contributed by atoms with Crippen molar-refractivity contribution in [1.29, 1.82) is 0 Å². The van der Waals surface area contributed by atoms with Gasteiger partial charge in [-0.15, -0.1) is 0 Å². The lowest BCUT2D eigenvalue weighted by Gasteiger charge is -2.23. The Morgan fingerprint density at radius 3 is 2.20 bits per heavy atom. The number of rotatable bonds is 10. The molecule has 0 saturated heterocycles. The first-order valence-corrected chi connectivity index (χ1v) is 11.9. The number of benzene rings is 2. The van der Waals surface area contributed by atoms with Crippen LogP contribution in [0.1, 0.15) is 36.5 Å². The molecular formula is C23H32N2O4S. The quantitative estimate of drug-likeness (QED) is 0.621. The summed E-state index contributed by atoms with van der Waals surface area (Å²) in [6.07, 6.45) is 1.86. The van der Waals surface area contributed by atoms with Crippen molar-refractivity contribution in [3.8, 4) is 5.75 Å². The summed E-state index contributed by atoms with van der Waals surface area (Å²) in [5.74, 6) is 0.642. The first-order valence-electron chi connectivity index (χ1n) is 10.1. The van der Waals surface area contributed by atoms with Gasteiger partial charge in [-0.25, -0.2) is 8.42 Å². The number of anilines is 1. The Morgan fingerprint density at radius 1 is 1.03 bits per heavy atom. The predicted molar refractivity (Wildman–Crippen MR) is 122 cm³/mol. The lowest BCUT2D eigenvalue weighted by molar-refractivity contribution is -0.121. The van der Waals surface area contributed by atoms with Crippen LogP contribution in [0, 0.1) is 20.8 Å². The maximum atomic E-state index is 12.3. The summed E-state index contributed by atoms with van der Waals surface area (Å²) >= 11 is 0. The zero-order valence-electron chi connectivity index (χ0n) is 18.4. The lowest BCUT2D eigenvalue weighted by atomic mass is 10.1. The number of hydrogen-bond acceptors (Lipinski definition) is 4. The van der Waals surface area contributed by atoms with E-state index in [0.717, 1.165) is 22.4 Å². The van der Waals surface area contributed by atoms with Crippen molar-refractivity contribution in [2.75, 3.05) is 23.7 Å². The molecule has 6 nitrogen and oxygen atoms in total. The Morgan fingerprint density at radius 2 is 1.63 bits per heavy atom. The standard InChI is InChI=1S/C23H32N2O4S/c1-17-8-10-22(11-9-17)29-16-20(4)24-23(26)7-6-12-25(30(5,27)28)21-14-18(2)13-19(3)15-21/h8-11,13-15,20H,6-7,12,16H2,1-5H3,(H,24,26). The molecule has 0 aliphatic carbocycles. The lowest BCUT2D eigenvalue weighted by Crippen LogP contribution is -2.37. The van der Waals surface area contributed by atoms with Gasteiger partial charge in [0.05, 0.1) is 18.0 Å². The highest BCUT2D eigenvalue weighted by Crippen LogP contribution is 2.22. The van der Waals surface area contributed by atoms with Crippen LogP contribution in [0.4, 0.5) is 5.69 Å². The molecule has 0 fully saturated rings. The smallest absolute Gasteiger partial charge is 0.232 e. The van der Waals surface area contributed by atoms with E-state index in [1.54, 1.807) is 0 Å². The van der Waals surface area contributed by atoms with Crippen molar-refractivity contribution in [3.05, 3.63) is 59.2 Å². The van der Waals surface area contributed by atoms with E-state index in [1.165, 1.54) is 10.6 Å². The van der Waals surface area contributed by atoms with Crippen LogP contribution in [0.3, 0.4) is 0 Å². The summed E-state index contributed by atoms with van der Waals surface area (Å²) in [6, 6.07) is 13.3. The average molecular weight is 433 g/mol. The SMILES string of the molecule is Cc1ccc(OCC(C)NC(=O)CCCN(c2cc(C)cc(C)c2)S(C)(=O)=O)cc1. The van der Waals surface area contributed by atoms with E-state index in [-0.39, 0.29) is 24.9 Å². The number of sulfonamides is 1. The molecule has 0 radical (unpaired) electrons. The second-order valence-electron chi connectivity index (χ2n) is 7.88. The fraction of sp³-hybridized carbons (Fsp3) is 0.435. The van der Waals surface area contributed by atoms with E-state index in [0.29, 0.717) is 18.7 Å². The van der Waals surface area contributed by atoms with Gasteiger partial charge < -0.3 is 10.1 Å². The second-order valence-corrected chi connectivity index (χ2v) is 9.78. The zero-order valence-corrected chi connectivity index (χ0v) is 19.3. The van der Waals surface area contributed by atoms with Gasteiger partial charge in [0.25, 0.3) is 0 Å². The second kappa shape index (κ2) is 10.5. The molecule has 30 heavy (non-hydrogen) atoms. The largest absolute Gasteiger partial charge is 0.491 e. The van der Waals surface area contributed by atoms with Crippen molar-refractivity contribution in [2.45, 2.75) is 46.6 Å². The van der Waals surface area contributed by atoms with E-state index in [2.05, 4.69) is 5.32 Å². The van der Waals surface area contributed by atoms with Crippen molar-refractivity contribution >= 4 is 21.6 Å². The molecule has 1 amide bonds. The Labute approximate surface area is 180 Å². The molecule has 0 bridgehead atoms. The highest BCUT2D eigenvalue weighted by Gasteiger charge is 2.18. The number of ether oxygens (including phenoxy) is 1. The van der Waals surface area contributed by atoms with Crippen LogP contribution in [0.15, 0.2) is 42.5 Å². The third-order valence-electron chi connectivity index (χ3n) is 4.59. The Bertz CT molecular complexity index is 935. The molecule has 1 N–H and O–H groups in total. The fourth-order valence-electron chi connectivity index (χ4n) is 3.21.